The van der Waals surface area contributed by atoms with Crippen LogP contribution in [0.4, 0.5) is 5.69 Å². The summed E-state index contributed by atoms with van der Waals surface area (Å²) in [6.45, 7) is 4.16. The highest BCUT2D eigenvalue weighted by Gasteiger charge is 2.39. The average Bonchev–Trinajstić information content (AvgIpc) is 2.69. The number of hydrogen-bond acceptors (Lipinski definition) is 2. The number of allylic oxidation sites excluding steroid dienone is 2. The summed E-state index contributed by atoms with van der Waals surface area (Å²) in [5, 5.41) is 0. The quantitative estimate of drug-likeness (QED) is 0.766. The van der Waals surface area contributed by atoms with Gasteiger partial charge >= 0.3 is 0 Å². The van der Waals surface area contributed by atoms with Gasteiger partial charge in [-0.3, -0.25) is 14.5 Å². The second-order valence-corrected chi connectivity index (χ2v) is 7.55. The molecule has 0 aromatic heterocycles. The standard InChI is InChI=1S/C24H25NO2/c1-3-17-9-11-18(12-10-17)20-15-23(27)25(19-13-7-16(2)8-14-19)21-5-4-6-22(26)24(20)21/h7-14,20H,3-6,15H2,1-2H3. The molecular formula is C24H25NO2. The van der Waals surface area contributed by atoms with E-state index in [1.165, 1.54) is 5.56 Å². The van der Waals surface area contributed by atoms with Crippen LogP contribution in [0.15, 0.2) is 59.8 Å². The average molecular weight is 359 g/mol. The van der Waals surface area contributed by atoms with Crippen molar-refractivity contribution in [2.24, 2.45) is 0 Å². The van der Waals surface area contributed by atoms with E-state index in [0.717, 1.165) is 47.3 Å². The Bertz CT molecular complexity index is 906. The molecule has 2 aromatic carbocycles. The minimum absolute atomic E-state index is 0.0804. The Morgan fingerprint density at radius 3 is 2.33 bits per heavy atom. The Kier molecular flexibility index (Phi) is 4.69. The molecule has 0 saturated carbocycles. The molecule has 1 atom stereocenters. The van der Waals surface area contributed by atoms with Crippen molar-refractivity contribution in [3.05, 3.63) is 76.5 Å². The summed E-state index contributed by atoms with van der Waals surface area (Å²) in [5.41, 5.74) is 6.14. The Morgan fingerprint density at radius 2 is 1.67 bits per heavy atom. The molecule has 0 spiro atoms. The molecule has 0 radical (unpaired) electrons. The number of carbonyl (C=O) groups is 2. The number of rotatable bonds is 3. The SMILES string of the molecule is CCc1ccc(C2CC(=O)N(c3ccc(C)cc3)C3=C2C(=O)CCC3)cc1. The maximum Gasteiger partial charge on any atom is 0.232 e. The zero-order chi connectivity index (χ0) is 19.0. The van der Waals surface area contributed by atoms with Crippen molar-refractivity contribution in [1.82, 2.24) is 0 Å². The third-order valence-electron chi connectivity index (χ3n) is 5.76. The molecule has 1 unspecified atom stereocenters. The topological polar surface area (TPSA) is 37.4 Å². The fraction of sp³-hybridized carbons (Fsp3) is 0.333. The van der Waals surface area contributed by atoms with Crippen LogP contribution in [0.5, 0.6) is 0 Å². The maximum atomic E-state index is 13.1. The first-order valence-corrected chi connectivity index (χ1v) is 9.83. The summed E-state index contributed by atoms with van der Waals surface area (Å²) in [5.74, 6) is 0.162. The van der Waals surface area contributed by atoms with E-state index in [1.807, 2.05) is 31.2 Å². The molecule has 1 aliphatic heterocycles. The van der Waals surface area contributed by atoms with Gasteiger partial charge in [-0.1, -0.05) is 48.9 Å². The number of Topliss-reactive ketones (excluding diaryl/α,β-unsaturated/α-hetero) is 1. The molecule has 1 aliphatic carbocycles. The highest BCUT2D eigenvalue weighted by Crippen LogP contribution is 2.43. The lowest BCUT2D eigenvalue weighted by atomic mass is 9.77. The van der Waals surface area contributed by atoms with Gasteiger partial charge in [0.15, 0.2) is 5.78 Å². The van der Waals surface area contributed by atoms with Crippen molar-refractivity contribution >= 4 is 17.4 Å². The number of nitrogens with zero attached hydrogens (tertiary/aromatic N) is 1. The van der Waals surface area contributed by atoms with Crippen LogP contribution in [0.3, 0.4) is 0 Å². The lowest BCUT2D eigenvalue weighted by molar-refractivity contribution is -0.119. The molecule has 3 heteroatoms. The third-order valence-corrected chi connectivity index (χ3v) is 5.76. The summed E-state index contributed by atoms with van der Waals surface area (Å²) in [4.78, 5) is 27.8. The zero-order valence-electron chi connectivity index (χ0n) is 16.0. The van der Waals surface area contributed by atoms with E-state index in [9.17, 15) is 9.59 Å². The molecule has 27 heavy (non-hydrogen) atoms. The summed E-state index contributed by atoms with van der Waals surface area (Å²) in [6.07, 6.45) is 3.51. The van der Waals surface area contributed by atoms with Gasteiger partial charge in [-0.15, -0.1) is 0 Å². The van der Waals surface area contributed by atoms with Crippen molar-refractivity contribution in [3.63, 3.8) is 0 Å². The normalized spacial score (nSPS) is 20.1. The minimum atomic E-state index is -0.118. The Labute approximate surface area is 160 Å². The first-order valence-electron chi connectivity index (χ1n) is 9.83. The van der Waals surface area contributed by atoms with Crippen LogP contribution in [-0.4, -0.2) is 11.7 Å². The van der Waals surface area contributed by atoms with Gasteiger partial charge in [0.25, 0.3) is 0 Å². The largest absolute Gasteiger partial charge is 0.294 e. The third kappa shape index (κ3) is 3.23. The molecule has 1 amide bonds. The number of benzene rings is 2. The van der Waals surface area contributed by atoms with Crippen molar-refractivity contribution in [3.8, 4) is 0 Å². The van der Waals surface area contributed by atoms with Crippen molar-refractivity contribution in [1.29, 1.82) is 0 Å². The highest BCUT2D eigenvalue weighted by molar-refractivity contribution is 6.07. The molecule has 0 fully saturated rings. The van der Waals surface area contributed by atoms with Gasteiger partial charge in [0, 0.05) is 35.7 Å². The van der Waals surface area contributed by atoms with Gasteiger partial charge in [0.2, 0.25) is 5.91 Å². The van der Waals surface area contributed by atoms with E-state index in [2.05, 4.69) is 31.2 Å². The number of ketones is 1. The summed E-state index contributed by atoms with van der Waals surface area (Å²) in [6, 6.07) is 16.4. The van der Waals surface area contributed by atoms with Crippen molar-refractivity contribution in [2.45, 2.75) is 51.9 Å². The Balaban J connectivity index is 1.81. The molecular weight excluding hydrogens is 334 g/mol. The van der Waals surface area contributed by atoms with E-state index in [4.69, 9.17) is 0 Å². The summed E-state index contributed by atoms with van der Waals surface area (Å²) in [7, 11) is 0. The Morgan fingerprint density at radius 1 is 0.963 bits per heavy atom. The smallest absolute Gasteiger partial charge is 0.232 e. The van der Waals surface area contributed by atoms with Crippen LogP contribution >= 0.6 is 0 Å². The van der Waals surface area contributed by atoms with E-state index in [0.29, 0.717) is 12.8 Å². The number of anilines is 1. The van der Waals surface area contributed by atoms with Crippen LogP contribution in [0, 0.1) is 6.92 Å². The van der Waals surface area contributed by atoms with Crippen LogP contribution in [0.25, 0.3) is 0 Å². The molecule has 4 rings (SSSR count). The van der Waals surface area contributed by atoms with Crippen molar-refractivity contribution < 1.29 is 9.59 Å². The molecule has 3 nitrogen and oxygen atoms in total. The molecule has 2 aliphatic rings. The summed E-state index contributed by atoms with van der Waals surface area (Å²) >= 11 is 0. The first kappa shape index (κ1) is 17.7. The fourth-order valence-corrected chi connectivity index (χ4v) is 4.26. The van der Waals surface area contributed by atoms with E-state index < -0.39 is 0 Å². The van der Waals surface area contributed by atoms with E-state index in [1.54, 1.807) is 4.90 Å². The molecule has 0 bridgehead atoms. The zero-order valence-corrected chi connectivity index (χ0v) is 16.0. The Hall–Kier alpha value is -2.68. The van der Waals surface area contributed by atoms with Gasteiger partial charge in [-0.2, -0.15) is 0 Å². The number of carbonyl (C=O) groups excluding carboxylic acids is 2. The predicted molar refractivity (Wildman–Crippen MR) is 108 cm³/mol. The van der Waals surface area contributed by atoms with Crippen LogP contribution < -0.4 is 4.90 Å². The lowest BCUT2D eigenvalue weighted by Gasteiger charge is -2.38. The van der Waals surface area contributed by atoms with E-state index >= 15 is 0 Å². The highest BCUT2D eigenvalue weighted by atomic mass is 16.2. The first-order chi connectivity index (χ1) is 13.1. The molecule has 0 N–H and O–H groups in total. The van der Waals surface area contributed by atoms with Crippen LogP contribution in [0.2, 0.25) is 0 Å². The van der Waals surface area contributed by atoms with Crippen molar-refractivity contribution in [2.75, 3.05) is 4.90 Å². The van der Waals surface area contributed by atoms with Gasteiger partial charge in [0.05, 0.1) is 0 Å². The fourth-order valence-electron chi connectivity index (χ4n) is 4.26. The van der Waals surface area contributed by atoms with Gasteiger partial charge < -0.3 is 0 Å². The van der Waals surface area contributed by atoms with Gasteiger partial charge in [0.1, 0.15) is 0 Å². The van der Waals surface area contributed by atoms with E-state index in [-0.39, 0.29) is 17.6 Å². The predicted octanol–water partition coefficient (Wildman–Crippen LogP) is 5.09. The minimum Gasteiger partial charge on any atom is -0.294 e. The molecule has 138 valence electrons. The maximum absolute atomic E-state index is 13.1. The van der Waals surface area contributed by atoms with Gasteiger partial charge in [-0.05, 0) is 49.4 Å². The molecule has 1 heterocycles. The number of amides is 1. The summed E-state index contributed by atoms with van der Waals surface area (Å²) < 4.78 is 0. The van der Waals surface area contributed by atoms with Crippen LogP contribution in [0.1, 0.15) is 55.2 Å². The number of aryl methyl sites for hydroxylation is 2. The number of hydrogen-bond donors (Lipinski definition) is 0. The monoisotopic (exact) mass is 359 g/mol. The van der Waals surface area contributed by atoms with Crippen LogP contribution in [-0.2, 0) is 16.0 Å². The molecule has 0 saturated heterocycles. The second kappa shape index (κ2) is 7.15. The lowest BCUT2D eigenvalue weighted by Crippen LogP contribution is -2.40. The second-order valence-electron chi connectivity index (χ2n) is 7.55. The molecule has 2 aromatic rings. The van der Waals surface area contributed by atoms with Gasteiger partial charge in [-0.25, -0.2) is 0 Å².